The number of hydrogen-bond acceptors (Lipinski definition) is 3. The second kappa shape index (κ2) is 7.41. The number of nitrogens with one attached hydrogen (secondary N) is 1. The summed E-state index contributed by atoms with van der Waals surface area (Å²) in [5.74, 6) is 0. The van der Waals surface area contributed by atoms with E-state index in [0.717, 1.165) is 17.0 Å². The van der Waals surface area contributed by atoms with Crippen LogP contribution in [-0.2, 0) is 6.54 Å². The number of hydrogen-bond donors (Lipinski definition) is 1. The smallest absolute Gasteiger partial charge is 0.117 e. The van der Waals surface area contributed by atoms with Gasteiger partial charge in [-0.05, 0) is 26.3 Å². The van der Waals surface area contributed by atoms with Crippen LogP contribution in [0.2, 0.25) is 0 Å². The zero-order valence-corrected chi connectivity index (χ0v) is 14.5. The van der Waals surface area contributed by atoms with Gasteiger partial charge >= 0.3 is 0 Å². The van der Waals surface area contributed by atoms with Crippen molar-refractivity contribution in [1.29, 1.82) is 0 Å². The van der Waals surface area contributed by atoms with Crippen LogP contribution in [-0.4, -0.2) is 15.0 Å². The maximum atomic E-state index is 4.70. The third kappa shape index (κ3) is 3.71. The van der Waals surface area contributed by atoms with E-state index in [2.05, 4.69) is 62.5 Å². The van der Waals surface area contributed by atoms with Crippen molar-refractivity contribution in [2.45, 2.75) is 39.4 Å². The van der Waals surface area contributed by atoms with E-state index in [9.17, 15) is 0 Å². The lowest BCUT2D eigenvalue weighted by atomic mass is 10.1. The minimum Gasteiger partial charge on any atom is -0.304 e. The molecule has 3 aromatic rings. The standard InChI is InChI=1S/C20H24N4/c1-15(2)24-22-19(20(23-24)18-12-8-5-9-13-18)14-21-16(3)17-10-6-4-7-11-17/h4-13,15-16,21H,14H2,1-3H3/t16-/m1/s1. The van der Waals surface area contributed by atoms with Crippen molar-refractivity contribution in [3.8, 4) is 11.3 Å². The molecule has 4 heteroatoms. The second-order valence-corrected chi connectivity index (χ2v) is 6.29. The highest BCUT2D eigenvalue weighted by atomic mass is 15.5. The van der Waals surface area contributed by atoms with Crippen molar-refractivity contribution < 1.29 is 0 Å². The molecule has 1 atom stereocenters. The highest BCUT2D eigenvalue weighted by Gasteiger charge is 2.15. The Labute approximate surface area is 143 Å². The normalized spacial score (nSPS) is 12.5. The average molecular weight is 320 g/mol. The summed E-state index contributed by atoms with van der Waals surface area (Å²) in [7, 11) is 0. The highest BCUT2D eigenvalue weighted by molar-refractivity contribution is 5.60. The third-order valence-electron chi connectivity index (χ3n) is 4.08. The Balaban J connectivity index is 1.82. The fourth-order valence-corrected chi connectivity index (χ4v) is 2.63. The average Bonchev–Trinajstić information content (AvgIpc) is 3.06. The molecule has 24 heavy (non-hydrogen) atoms. The molecule has 1 heterocycles. The van der Waals surface area contributed by atoms with Crippen LogP contribution in [0.5, 0.6) is 0 Å². The molecule has 0 aliphatic carbocycles. The topological polar surface area (TPSA) is 42.7 Å². The van der Waals surface area contributed by atoms with Gasteiger partial charge in [0.2, 0.25) is 0 Å². The van der Waals surface area contributed by atoms with E-state index in [-0.39, 0.29) is 12.1 Å². The van der Waals surface area contributed by atoms with Gasteiger partial charge in [0.25, 0.3) is 0 Å². The largest absolute Gasteiger partial charge is 0.304 e. The Bertz CT molecular complexity index is 763. The molecule has 0 unspecified atom stereocenters. The molecular weight excluding hydrogens is 296 g/mol. The van der Waals surface area contributed by atoms with Gasteiger partial charge in [-0.15, -0.1) is 0 Å². The lowest BCUT2D eigenvalue weighted by Crippen LogP contribution is -2.19. The Hall–Kier alpha value is -2.46. The molecule has 0 fully saturated rings. The molecule has 0 spiro atoms. The van der Waals surface area contributed by atoms with Crippen LogP contribution in [0.15, 0.2) is 60.7 Å². The van der Waals surface area contributed by atoms with Gasteiger partial charge in [-0.3, -0.25) is 0 Å². The summed E-state index contributed by atoms with van der Waals surface area (Å²) < 4.78 is 0. The van der Waals surface area contributed by atoms with Crippen LogP contribution in [0.1, 0.15) is 44.1 Å². The predicted octanol–water partition coefficient (Wildman–Crippen LogP) is 4.38. The Morgan fingerprint density at radius 2 is 1.50 bits per heavy atom. The molecule has 0 saturated heterocycles. The van der Waals surface area contributed by atoms with E-state index in [1.807, 2.05) is 24.3 Å². The molecule has 0 saturated carbocycles. The van der Waals surface area contributed by atoms with Crippen LogP contribution in [0, 0.1) is 0 Å². The zero-order valence-electron chi connectivity index (χ0n) is 14.5. The first-order chi connectivity index (χ1) is 11.6. The minimum atomic E-state index is 0.243. The van der Waals surface area contributed by atoms with Gasteiger partial charge in [-0.25, -0.2) is 0 Å². The number of nitrogens with zero attached hydrogens (tertiary/aromatic N) is 3. The maximum Gasteiger partial charge on any atom is 0.117 e. The fraction of sp³-hybridized carbons (Fsp3) is 0.300. The van der Waals surface area contributed by atoms with Crippen molar-refractivity contribution in [1.82, 2.24) is 20.3 Å². The molecule has 0 aliphatic heterocycles. The van der Waals surface area contributed by atoms with E-state index in [1.165, 1.54) is 5.56 Å². The number of rotatable bonds is 6. The van der Waals surface area contributed by atoms with E-state index in [0.29, 0.717) is 6.54 Å². The molecule has 124 valence electrons. The Morgan fingerprint density at radius 1 is 0.875 bits per heavy atom. The Morgan fingerprint density at radius 3 is 2.12 bits per heavy atom. The van der Waals surface area contributed by atoms with Gasteiger partial charge in [0.05, 0.1) is 6.04 Å². The molecule has 0 aliphatic rings. The molecule has 1 N–H and O–H groups in total. The number of aromatic nitrogens is 3. The SMILES string of the molecule is CC(C)n1nc(CN[C@H](C)c2ccccc2)c(-c2ccccc2)n1. The van der Waals surface area contributed by atoms with E-state index in [4.69, 9.17) is 10.2 Å². The van der Waals surface area contributed by atoms with Crippen molar-refractivity contribution in [3.05, 3.63) is 71.9 Å². The van der Waals surface area contributed by atoms with Gasteiger partial charge in [0, 0.05) is 18.2 Å². The van der Waals surface area contributed by atoms with Crippen LogP contribution < -0.4 is 5.32 Å². The molecule has 0 amide bonds. The van der Waals surface area contributed by atoms with Gasteiger partial charge in [-0.1, -0.05) is 60.7 Å². The molecular formula is C20H24N4. The summed E-state index contributed by atoms with van der Waals surface area (Å²) in [6.07, 6.45) is 0. The van der Waals surface area contributed by atoms with E-state index < -0.39 is 0 Å². The third-order valence-corrected chi connectivity index (χ3v) is 4.08. The summed E-state index contributed by atoms with van der Waals surface area (Å²) in [5, 5.41) is 13.0. The molecule has 3 rings (SSSR count). The van der Waals surface area contributed by atoms with Crippen LogP contribution in [0.3, 0.4) is 0 Å². The van der Waals surface area contributed by atoms with E-state index in [1.54, 1.807) is 4.80 Å². The maximum absolute atomic E-state index is 4.70. The molecule has 4 nitrogen and oxygen atoms in total. The zero-order chi connectivity index (χ0) is 16.9. The van der Waals surface area contributed by atoms with Crippen LogP contribution in [0.4, 0.5) is 0 Å². The van der Waals surface area contributed by atoms with Gasteiger partial charge in [-0.2, -0.15) is 15.0 Å². The summed E-state index contributed by atoms with van der Waals surface area (Å²) in [6, 6.07) is 21.2. The lowest BCUT2D eigenvalue weighted by Gasteiger charge is -2.13. The summed E-state index contributed by atoms with van der Waals surface area (Å²) in [6.45, 7) is 7.05. The first-order valence-corrected chi connectivity index (χ1v) is 8.44. The summed E-state index contributed by atoms with van der Waals surface area (Å²) in [4.78, 5) is 1.80. The minimum absolute atomic E-state index is 0.243. The van der Waals surface area contributed by atoms with Crippen molar-refractivity contribution in [2.24, 2.45) is 0 Å². The second-order valence-electron chi connectivity index (χ2n) is 6.29. The lowest BCUT2D eigenvalue weighted by molar-refractivity contribution is 0.459. The molecule has 2 aromatic carbocycles. The quantitative estimate of drug-likeness (QED) is 0.733. The molecule has 0 bridgehead atoms. The highest BCUT2D eigenvalue weighted by Crippen LogP contribution is 2.22. The molecule has 1 aromatic heterocycles. The van der Waals surface area contributed by atoms with Crippen LogP contribution in [0.25, 0.3) is 11.3 Å². The first kappa shape index (κ1) is 16.4. The van der Waals surface area contributed by atoms with Crippen molar-refractivity contribution >= 4 is 0 Å². The number of benzene rings is 2. The first-order valence-electron chi connectivity index (χ1n) is 8.44. The van der Waals surface area contributed by atoms with Crippen molar-refractivity contribution in [3.63, 3.8) is 0 Å². The predicted molar refractivity (Wildman–Crippen MR) is 97.5 cm³/mol. The Kier molecular flexibility index (Phi) is 5.06. The van der Waals surface area contributed by atoms with Crippen LogP contribution >= 0.6 is 0 Å². The fourth-order valence-electron chi connectivity index (χ4n) is 2.63. The van der Waals surface area contributed by atoms with Gasteiger partial charge < -0.3 is 5.32 Å². The van der Waals surface area contributed by atoms with Crippen molar-refractivity contribution in [2.75, 3.05) is 0 Å². The van der Waals surface area contributed by atoms with Gasteiger partial charge in [0.15, 0.2) is 0 Å². The molecule has 0 radical (unpaired) electrons. The summed E-state index contributed by atoms with van der Waals surface area (Å²) >= 11 is 0. The van der Waals surface area contributed by atoms with Gasteiger partial charge in [0.1, 0.15) is 11.4 Å². The van der Waals surface area contributed by atoms with E-state index >= 15 is 0 Å². The monoisotopic (exact) mass is 320 g/mol. The summed E-state index contributed by atoms with van der Waals surface area (Å²) in [5.41, 5.74) is 4.32.